The van der Waals surface area contributed by atoms with Crippen molar-refractivity contribution < 1.29 is 14.7 Å². The fraction of sp³-hybridized carbons (Fsp3) is 0.467. The molecule has 0 bridgehead atoms. The highest BCUT2D eigenvalue weighted by Gasteiger charge is 2.43. The molecule has 0 aliphatic heterocycles. The Morgan fingerprint density at radius 2 is 2.14 bits per heavy atom. The number of anilines is 1. The third kappa shape index (κ3) is 3.13. The number of primary amides is 1. The predicted molar refractivity (Wildman–Crippen MR) is 81.6 cm³/mol. The first-order valence-electron chi connectivity index (χ1n) is 6.94. The number of halogens is 1. The Hall–Kier alpha value is -1.75. The quantitative estimate of drug-likeness (QED) is 0.797. The molecule has 2 atom stereocenters. The molecule has 5 nitrogen and oxygen atoms in total. The van der Waals surface area contributed by atoms with Gasteiger partial charge in [-0.1, -0.05) is 24.4 Å². The first-order valence-corrected chi connectivity index (χ1v) is 7.31. The van der Waals surface area contributed by atoms with Gasteiger partial charge in [0.1, 0.15) is 0 Å². The van der Waals surface area contributed by atoms with Gasteiger partial charge in [-0.05, 0) is 38.0 Å². The third-order valence-electron chi connectivity index (χ3n) is 4.27. The van der Waals surface area contributed by atoms with Gasteiger partial charge < -0.3 is 16.2 Å². The number of carboxylic acids is 1. The minimum Gasteiger partial charge on any atom is -0.481 e. The molecule has 1 aromatic rings. The number of amides is 1. The number of benzene rings is 1. The average Bonchev–Trinajstić information content (AvgIpc) is 2.41. The van der Waals surface area contributed by atoms with Crippen molar-refractivity contribution in [3.63, 3.8) is 0 Å². The van der Waals surface area contributed by atoms with Crippen molar-refractivity contribution in [2.75, 3.05) is 5.32 Å². The maximum atomic E-state index is 11.6. The van der Waals surface area contributed by atoms with Gasteiger partial charge in [0.25, 0.3) is 0 Å². The summed E-state index contributed by atoms with van der Waals surface area (Å²) in [6, 6.07) is 4.69. The summed E-state index contributed by atoms with van der Waals surface area (Å²) in [6.45, 7) is 1.77. The number of rotatable bonds is 4. The van der Waals surface area contributed by atoms with Gasteiger partial charge in [-0.2, -0.15) is 0 Å². The number of carbonyl (C=O) groups is 2. The number of aliphatic carboxylic acids is 1. The van der Waals surface area contributed by atoms with Crippen LogP contribution in [0.4, 0.5) is 5.69 Å². The molecule has 1 aliphatic carbocycles. The monoisotopic (exact) mass is 310 g/mol. The number of hydrogen-bond acceptors (Lipinski definition) is 3. The van der Waals surface area contributed by atoms with E-state index < -0.39 is 17.3 Å². The van der Waals surface area contributed by atoms with Crippen molar-refractivity contribution in [2.24, 2.45) is 11.1 Å². The molecule has 0 spiro atoms. The van der Waals surface area contributed by atoms with Gasteiger partial charge in [0.2, 0.25) is 5.91 Å². The second kappa shape index (κ2) is 5.93. The molecule has 21 heavy (non-hydrogen) atoms. The van der Waals surface area contributed by atoms with Gasteiger partial charge in [0, 0.05) is 11.7 Å². The van der Waals surface area contributed by atoms with Crippen LogP contribution in [0, 0.1) is 5.41 Å². The molecule has 1 aromatic carbocycles. The van der Waals surface area contributed by atoms with Gasteiger partial charge in [0.15, 0.2) is 0 Å². The standard InChI is InChI=1S/C15H19ClN2O3/c1-15(14(20)21)7-3-2-4-12(15)18-9-5-6-10(13(17)19)11(16)8-9/h5-6,8,12,18H,2-4,7H2,1H3,(H2,17,19)(H,20,21). The number of nitrogens with one attached hydrogen (secondary N) is 1. The summed E-state index contributed by atoms with van der Waals surface area (Å²) in [7, 11) is 0. The van der Waals surface area contributed by atoms with E-state index in [0.717, 1.165) is 19.3 Å². The molecule has 2 rings (SSSR count). The summed E-state index contributed by atoms with van der Waals surface area (Å²) in [5.74, 6) is -1.38. The van der Waals surface area contributed by atoms with Gasteiger partial charge in [-0.3, -0.25) is 9.59 Å². The molecule has 0 saturated heterocycles. The molecule has 114 valence electrons. The van der Waals surface area contributed by atoms with Crippen LogP contribution in [0.1, 0.15) is 43.0 Å². The van der Waals surface area contributed by atoms with Crippen LogP contribution in [0.15, 0.2) is 18.2 Å². The minimum atomic E-state index is -0.799. The zero-order valence-corrected chi connectivity index (χ0v) is 12.6. The lowest BCUT2D eigenvalue weighted by molar-refractivity contribution is -0.150. The van der Waals surface area contributed by atoms with Gasteiger partial charge in [0.05, 0.1) is 16.0 Å². The van der Waals surface area contributed by atoms with Crippen LogP contribution in [0.2, 0.25) is 5.02 Å². The number of nitrogens with two attached hydrogens (primary N) is 1. The molecule has 2 unspecified atom stereocenters. The molecule has 1 fully saturated rings. The van der Waals surface area contributed by atoms with Crippen LogP contribution in [-0.2, 0) is 4.79 Å². The molecular formula is C15H19ClN2O3. The molecule has 1 amide bonds. The van der Waals surface area contributed by atoms with E-state index >= 15 is 0 Å². The molecule has 0 aromatic heterocycles. The Morgan fingerprint density at radius 1 is 1.43 bits per heavy atom. The Labute approximate surface area is 128 Å². The average molecular weight is 311 g/mol. The van der Waals surface area contributed by atoms with Crippen molar-refractivity contribution in [1.29, 1.82) is 0 Å². The molecule has 4 N–H and O–H groups in total. The topological polar surface area (TPSA) is 92.4 Å². The Bertz CT molecular complexity index is 576. The van der Waals surface area contributed by atoms with Crippen molar-refractivity contribution in [1.82, 2.24) is 0 Å². The first kappa shape index (κ1) is 15.6. The van der Waals surface area contributed by atoms with E-state index in [2.05, 4.69) is 5.32 Å². The third-order valence-corrected chi connectivity index (χ3v) is 4.58. The van der Waals surface area contributed by atoms with Crippen molar-refractivity contribution in [2.45, 2.75) is 38.6 Å². The van der Waals surface area contributed by atoms with Crippen molar-refractivity contribution in [3.05, 3.63) is 28.8 Å². The van der Waals surface area contributed by atoms with E-state index in [1.165, 1.54) is 0 Å². The summed E-state index contributed by atoms with van der Waals surface area (Å²) in [4.78, 5) is 22.7. The number of hydrogen-bond donors (Lipinski definition) is 3. The van der Waals surface area contributed by atoms with Crippen molar-refractivity contribution >= 4 is 29.2 Å². The van der Waals surface area contributed by atoms with E-state index in [9.17, 15) is 14.7 Å². The minimum absolute atomic E-state index is 0.167. The summed E-state index contributed by atoms with van der Waals surface area (Å²) < 4.78 is 0. The summed E-state index contributed by atoms with van der Waals surface area (Å²) in [5, 5.41) is 13.0. The van der Waals surface area contributed by atoms with Crippen LogP contribution < -0.4 is 11.1 Å². The molecule has 0 radical (unpaired) electrons. The lowest BCUT2D eigenvalue weighted by atomic mass is 9.71. The van der Waals surface area contributed by atoms with Gasteiger partial charge in [-0.15, -0.1) is 0 Å². The lowest BCUT2D eigenvalue weighted by Crippen LogP contribution is -2.46. The van der Waals surface area contributed by atoms with Gasteiger partial charge in [-0.25, -0.2) is 0 Å². The highest BCUT2D eigenvalue weighted by atomic mass is 35.5. The maximum absolute atomic E-state index is 11.6. The predicted octanol–water partition coefficient (Wildman–Crippen LogP) is 2.88. The van der Waals surface area contributed by atoms with E-state index in [-0.39, 0.29) is 16.6 Å². The smallest absolute Gasteiger partial charge is 0.311 e. The molecule has 1 aliphatic rings. The Morgan fingerprint density at radius 3 is 2.71 bits per heavy atom. The number of carbonyl (C=O) groups excluding carboxylic acids is 1. The molecular weight excluding hydrogens is 292 g/mol. The normalized spacial score (nSPS) is 25.3. The number of carboxylic acid groups (broad SMARTS) is 1. The van der Waals surface area contributed by atoms with E-state index in [4.69, 9.17) is 17.3 Å². The summed E-state index contributed by atoms with van der Waals surface area (Å²) >= 11 is 6.02. The Kier molecular flexibility index (Phi) is 4.42. The van der Waals surface area contributed by atoms with Crippen LogP contribution in [0.3, 0.4) is 0 Å². The zero-order chi connectivity index (χ0) is 15.6. The summed E-state index contributed by atoms with van der Waals surface area (Å²) in [6.07, 6.45) is 3.35. The zero-order valence-electron chi connectivity index (χ0n) is 11.9. The summed E-state index contributed by atoms with van der Waals surface area (Å²) in [5.41, 5.74) is 5.37. The maximum Gasteiger partial charge on any atom is 0.311 e. The van der Waals surface area contributed by atoms with Crippen molar-refractivity contribution in [3.8, 4) is 0 Å². The Balaban J connectivity index is 2.22. The molecule has 0 heterocycles. The van der Waals surface area contributed by atoms with Crippen LogP contribution in [0.25, 0.3) is 0 Å². The van der Waals surface area contributed by atoms with E-state index in [1.807, 2.05) is 0 Å². The second-order valence-electron chi connectivity index (χ2n) is 5.72. The second-order valence-corrected chi connectivity index (χ2v) is 6.13. The van der Waals surface area contributed by atoms with Crippen LogP contribution >= 0.6 is 11.6 Å². The highest BCUT2D eigenvalue weighted by Crippen LogP contribution is 2.38. The SMILES string of the molecule is CC1(C(=O)O)CCCCC1Nc1ccc(C(N)=O)c(Cl)c1. The molecule has 1 saturated carbocycles. The van der Waals surface area contributed by atoms with E-state index in [1.54, 1.807) is 25.1 Å². The van der Waals surface area contributed by atoms with Crippen LogP contribution in [0.5, 0.6) is 0 Å². The molecule has 6 heteroatoms. The fourth-order valence-electron chi connectivity index (χ4n) is 2.83. The first-order chi connectivity index (χ1) is 9.84. The fourth-order valence-corrected chi connectivity index (χ4v) is 3.10. The van der Waals surface area contributed by atoms with E-state index in [0.29, 0.717) is 12.1 Å². The van der Waals surface area contributed by atoms with Gasteiger partial charge >= 0.3 is 5.97 Å². The highest BCUT2D eigenvalue weighted by molar-refractivity contribution is 6.34. The largest absolute Gasteiger partial charge is 0.481 e. The lowest BCUT2D eigenvalue weighted by Gasteiger charge is -2.39. The van der Waals surface area contributed by atoms with Crippen LogP contribution in [-0.4, -0.2) is 23.0 Å².